The third-order valence-corrected chi connectivity index (χ3v) is 6.14. The van der Waals surface area contributed by atoms with E-state index in [2.05, 4.69) is 0 Å². The van der Waals surface area contributed by atoms with Crippen LogP contribution < -0.4 is 9.47 Å². The monoisotopic (exact) mass is 501 g/mol. The van der Waals surface area contributed by atoms with Crippen LogP contribution in [0, 0.1) is 0 Å². The minimum Gasteiger partial charge on any atom is -0.507 e. The molecule has 1 atom stereocenters. The largest absolute Gasteiger partial charge is 0.507 e. The van der Waals surface area contributed by atoms with Crippen molar-refractivity contribution in [2.75, 3.05) is 20.8 Å². The van der Waals surface area contributed by atoms with E-state index in [4.69, 9.17) is 14.2 Å². The molecule has 1 saturated heterocycles. The number of ketones is 1. The lowest BCUT2D eigenvalue weighted by atomic mass is 9.94. The fourth-order valence-electron chi connectivity index (χ4n) is 4.33. The SMILES string of the molecule is CCOC(=O)c1ccc(CN2C(=O)C(=O)/C(=C(/O)c3cc(OC)ccc3OC)C2c2ccccc2)cc1. The molecule has 0 bridgehead atoms. The van der Waals surface area contributed by atoms with Crippen LogP contribution >= 0.6 is 0 Å². The number of amides is 1. The Hall–Kier alpha value is -4.59. The van der Waals surface area contributed by atoms with Gasteiger partial charge in [0.1, 0.15) is 17.3 Å². The molecule has 0 saturated carbocycles. The first-order chi connectivity index (χ1) is 17.9. The second kappa shape index (κ2) is 11.0. The number of ether oxygens (including phenoxy) is 3. The molecule has 0 spiro atoms. The highest BCUT2D eigenvalue weighted by Gasteiger charge is 2.46. The van der Waals surface area contributed by atoms with Crippen molar-refractivity contribution in [2.24, 2.45) is 0 Å². The van der Waals surface area contributed by atoms with E-state index < -0.39 is 23.7 Å². The number of methoxy groups -OCH3 is 2. The second-order valence-electron chi connectivity index (χ2n) is 8.32. The van der Waals surface area contributed by atoms with Gasteiger partial charge in [-0.25, -0.2) is 4.79 Å². The predicted octanol–water partition coefficient (Wildman–Crippen LogP) is 4.50. The summed E-state index contributed by atoms with van der Waals surface area (Å²) in [7, 11) is 2.94. The number of aliphatic hydroxyl groups excluding tert-OH is 1. The lowest BCUT2D eigenvalue weighted by molar-refractivity contribution is -0.140. The van der Waals surface area contributed by atoms with Gasteiger partial charge in [0.25, 0.3) is 11.7 Å². The molecule has 1 aliphatic heterocycles. The van der Waals surface area contributed by atoms with E-state index in [9.17, 15) is 19.5 Å². The highest BCUT2D eigenvalue weighted by atomic mass is 16.5. The molecule has 8 nitrogen and oxygen atoms in total. The Labute approximate surface area is 214 Å². The second-order valence-corrected chi connectivity index (χ2v) is 8.32. The van der Waals surface area contributed by atoms with Crippen molar-refractivity contribution in [3.8, 4) is 11.5 Å². The molecule has 0 radical (unpaired) electrons. The Morgan fingerprint density at radius 2 is 1.65 bits per heavy atom. The van der Waals surface area contributed by atoms with Gasteiger partial charge in [-0.15, -0.1) is 0 Å². The van der Waals surface area contributed by atoms with Crippen LogP contribution in [0.1, 0.15) is 40.0 Å². The normalized spacial score (nSPS) is 16.5. The smallest absolute Gasteiger partial charge is 0.338 e. The summed E-state index contributed by atoms with van der Waals surface area (Å²) < 4.78 is 15.7. The Balaban J connectivity index is 1.79. The molecule has 1 heterocycles. The Morgan fingerprint density at radius 3 is 2.27 bits per heavy atom. The average molecular weight is 502 g/mol. The zero-order valence-corrected chi connectivity index (χ0v) is 20.8. The van der Waals surface area contributed by atoms with Gasteiger partial charge in [-0.3, -0.25) is 9.59 Å². The third-order valence-electron chi connectivity index (χ3n) is 6.14. The van der Waals surface area contributed by atoms with E-state index in [1.807, 2.05) is 6.07 Å². The number of aliphatic hydroxyl groups is 1. The number of hydrogen-bond donors (Lipinski definition) is 1. The third kappa shape index (κ3) is 5.04. The lowest BCUT2D eigenvalue weighted by Gasteiger charge is -2.25. The Morgan fingerprint density at radius 1 is 0.946 bits per heavy atom. The highest BCUT2D eigenvalue weighted by Crippen LogP contribution is 2.42. The maximum Gasteiger partial charge on any atom is 0.338 e. The van der Waals surface area contributed by atoms with E-state index >= 15 is 0 Å². The summed E-state index contributed by atoms with van der Waals surface area (Å²) >= 11 is 0. The summed E-state index contributed by atoms with van der Waals surface area (Å²) in [4.78, 5) is 40.0. The van der Waals surface area contributed by atoms with Gasteiger partial charge in [-0.05, 0) is 48.4 Å². The molecule has 3 aromatic rings. The van der Waals surface area contributed by atoms with E-state index in [0.717, 1.165) is 0 Å². The fourth-order valence-corrected chi connectivity index (χ4v) is 4.33. The summed E-state index contributed by atoms with van der Waals surface area (Å²) in [5.74, 6) is -1.57. The molecule has 1 fully saturated rings. The molecule has 1 aliphatic rings. The van der Waals surface area contributed by atoms with Gasteiger partial charge in [-0.1, -0.05) is 42.5 Å². The van der Waals surface area contributed by atoms with Gasteiger partial charge in [0.05, 0.1) is 43.6 Å². The Bertz CT molecular complexity index is 1350. The summed E-state index contributed by atoms with van der Waals surface area (Å²) in [6.45, 7) is 2.08. The van der Waals surface area contributed by atoms with Gasteiger partial charge in [-0.2, -0.15) is 0 Å². The Kier molecular flexibility index (Phi) is 7.57. The van der Waals surface area contributed by atoms with Crippen LogP contribution in [0.4, 0.5) is 0 Å². The lowest BCUT2D eigenvalue weighted by Crippen LogP contribution is -2.29. The van der Waals surface area contributed by atoms with Crippen molar-refractivity contribution >= 4 is 23.4 Å². The molecule has 1 unspecified atom stereocenters. The summed E-state index contributed by atoms with van der Waals surface area (Å²) in [6.07, 6.45) is 0. The molecule has 3 aromatic carbocycles. The summed E-state index contributed by atoms with van der Waals surface area (Å²) in [5.41, 5.74) is 1.94. The first-order valence-electron chi connectivity index (χ1n) is 11.7. The molecule has 37 heavy (non-hydrogen) atoms. The van der Waals surface area contributed by atoms with Gasteiger partial charge >= 0.3 is 5.97 Å². The fraction of sp³-hybridized carbons (Fsp3) is 0.207. The molecule has 0 aromatic heterocycles. The van der Waals surface area contributed by atoms with Gasteiger partial charge in [0.15, 0.2) is 0 Å². The molecule has 1 N–H and O–H groups in total. The van der Waals surface area contributed by atoms with Crippen molar-refractivity contribution < 1.29 is 33.7 Å². The minimum absolute atomic E-state index is 0.0501. The standard InChI is InChI=1S/C29H27NO7/c1-4-37-29(34)20-12-10-18(11-13-20)17-30-25(19-8-6-5-7-9-19)24(27(32)28(30)33)26(31)22-16-21(35-2)14-15-23(22)36-3/h5-16,25,31H,4,17H2,1-3H3/b26-24+. The maximum absolute atomic E-state index is 13.3. The van der Waals surface area contributed by atoms with Crippen LogP contribution in [0.5, 0.6) is 11.5 Å². The average Bonchev–Trinajstić information content (AvgIpc) is 3.18. The van der Waals surface area contributed by atoms with E-state index in [1.165, 1.54) is 19.1 Å². The number of esters is 1. The van der Waals surface area contributed by atoms with Gasteiger partial charge < -0.3 is 24.2 Å². The number of carbonyl (C=O) groups is 3. The van der Waals surface area contributed by atoms with Gasteiger partial charge in [0, 0.05) is 6.54 Å². The topological polar surface area (TPSA) is 102 Å². The zero-order valence-electron chi connectivity index (χ0n) is 20.8. The maximum atomic E-state index is 13.3. The predicted molar refractivity (Wildman–Crippen MR) is 136 cm³/mol. The summed E-state index contributed by atoms with van der Waals surface area (Å²) in [6, 6.07) is 19.7. The molecule has 8 heteroatoms. The van der Waals surface area contributed by atoms with Crippen LogP contribution in [-0.4, -0.2) is 48.5 Å². The quantitative estimate of drug-likeness (QED) is 0.210. The zero-order chi connectivity index (χ0) is 26.5. The minimum atomic E-state index is -0.846. The molecular weight excluding hydrogens is 474 g/mol. The molecule has 190 valence electrons. The number of carbonyl (C=O) groups excluding carboxylic acids is 3. The van der Waals surface area contributed by atoms with Crippen LogP contribution in [0.15, 0.2) is 78.4 Å². The van der Waals surface area contributed by atoms with Crippen LogP contribution in [-0.2, 0) is 20.9 Å². The number of hydrogen-bond acceptors (Lipinski definition) is 7. The number of nitrogens with zero attached hydrogens (tertiary/aromatic N) is 1. The van der Waals surface area contributed by atoms with Crippen molar-refractivity contribution in [1.82, 2.24) is 4.90 Å². The van der Waals surface area contributed by atoms with E-state index in [1.54, 1.807) is 73.7 Å². The van der Waals surface area contributed by atoms with Crippen molar-refractivity contribution in [3.05, 3.63) is 101 Å². The molecule has 0 aliphatic carbocycles. The molecule has 4 rings (SSSR count). The number of rotatable bonds is 8. The van der Waals surface area contributed by atoms with Gasteiger partial charge in [0.2, 0.25) is 0 Å². The van der Waals surface area contributed by atoms with Crippen molar-refractivity contribution in [1.29, 1.82) is 0 Å². The first kappa shape index (κ1) is 25.5. The van der Waals surface area contributed by atoms with Crippen LogP contribution in [0.25, 0.3) is 5.76 Å². The summed E-state index contributed by atoms with van der Waals surface area (Å²) in [5, 5.41) is 11.4. The number of Topliss-reactive ketones (excluding diaryl/α,β-unsaturated/α-hetero) is 1. The van der Waals surface area contributed by atoms with Crippen LogP contribution in [0.3, 0.4) is 0 Å². The van der Waals surface area contributed by atoms with Crippen molar-refractivity contribution in [3.63, 3.8) is 0 Å². The number of benzene rings is 3. The van der Waals surface area contributed by atoms with E-state index in [-0.39, 0.29) is 30.0 Å². The van der Waals surface area contributed by atoms with E-state index in [0.29, 0.717) is 28.2 Å². The highest BCUT2D eigenvalue weighted by molar-refractivity contribution is 6.46. The molecular formula is C29H27NO7. The van der Waals surface area contributed by atoms with Crippen molar-refractivity contribution in [2.45, 2.75) is 19.5 Å². The first-order valence-corrected chi connectivity index (χ1v) is 11.7. The van der Waals surface area contributed by atoms with Crippen LogP contribution in [0.2, 0.25) is 0 Å². The number of likely N-dealkylation sites (tertiary alicyclic amines) is 1. The molecule has 1 amide bonds.